The first-order chi connectivity index (χ1) is 8.76. The fraction of sp³-hybridized carbons (Fsp3) is 0.167. The van der Waals surface area contributed by atoms with Gasteiger partial charge < -0.3 is 16.5 Å². The van der Waals surface area contributed by atoms with Crippen molar-refractivity contribution in [3.8, 4) is 0 Å². The van der Waals surface area contributed by atoms with Gasteiger partial charge in [-0.15, -0.1) is 0 Å². The van der Waals surface area contributed by atoms with Crippen LogP contribution in [0.25, 0.3) is 0 Å². The van der Waals surface area contributed by atoms with E-state index in [-0.39, 0.29) is 0 Å². The van der Waals surface area contributed by atoms with Crippen LogP contribution in [0.2, 0.25) is 0 Å². The highest BCUT2D eigenvalue weighted by molar-refractivity contribution is 5.78. The summed E-state index contributed by atoms with van der Waals surface area (Å²) in [7, 11) is 0. The minimum Gasteiger partial charge on any atom is -0.393 e. The number of hydrogen-bond donors (Lipinski definition) is 4. The summed E-state index contributed by atoms with van der Waals surface area (Å²) < 4.78 is 0. The summed E-state index contributed by atoms with van der Waals surface area (Å²) in [6.07, 6.45) is 2.33. The van der Waals surface area contributed by atoms with Crippen molar-refractivity contribution in [2.45, 2.75) is 13.3 Å². The van der Waals surface area contributed by atoms with E-state index >= 15 is 0 Å². The molecule has 1 aromatic carbocycles. The molecule has 0 bridgehead atoms. The molecule has 1 aromatic heterocycles. The third-order valence-corrected chi connectivity index (χ3v) is 2.67. The molecular weight excluding hydrogens is 228 g/mol. The Morgan fingerprint density at radius 1 is 1.17 bits per heavy atom. The highest BCUT2D eigenvalue weighted by atomic mass is 15.3. The van der Waals surface area contributed by atoms with Crippen LogP contribution in [0, 0.1) is 0 Å². The average Bonchev–Trinajstić information content (AvgIpc) is 2.42. The molecule has 0 aliphatic rings. The zero-order chi connectivity index (χ0) is 13.0. The number of nitrogens with one attached hydrogen (secondary N) is 2. The molecule has 6 heteroatoms. The van der Waals surface area contributed by atoms with Gasteiger partial charge in [-0.1, -0.05) is 25.1 Å². The van der Waals surface area contributed by atoms with Crippen molar-refractivity contribution in [3.05, 3.63) is 36.2 Å². The minimum absolute atomic E-state index is 0.394. The molecule has 0 saturated carbocycles. The molecule has 18 heavy (non-hydrogen) atoms. The Kier molecular flexibility index (Phi) is 3.59. The molecule has 0 aliphatic heterocycles. The number of benzene rings is 1. The maximum absolute atomic E-state index is 5.90. The van der Waals surface area contributed by atoms with E-state index in [4.69, 9.17) is 11.6 Å². The monoisotopic (exact) mass is 244 g/mol. The number of aromatic nitrogens is 2. The Morgan fingerprint density at radius 3 is 2.61 bits per heavy atom. The van der Waals surface area contributed by atoms with Crippen LogP contribution in [0.3, 0.4) is 0 Å². The second kappa shape index (κ2) is 5.33. The summed E-state index contributed by atoms with van der Waals surface area (Å²) in [5, 5.41) is 3.19. The number of nitrogens with zero attached hydrogens (tertiary/aromatic N) is 2. The highest BCUT2D eigenvalue weighted by Crippen LogP contribution is 2.26. The second-order valence-electron chi connectivity index (χ2n) is 3.76. The molecule has 1 heterocycles. The molecule has 2 aromatic rings. The molecule has 94 valence electrons. The van der Waals surface area contributed by atoms with Gasteiger partial charge in [0.15, 0.2) is 11.6 Å². The van der Waals surface area contributed by atoms with Crippen LogP contribution in [0.5, 0.6) is 0 Å². The lowest BCUT2D eigenvalue weighted by Gasteiger charge is -2.13. The number of nitrogens with two attached hydrogens (primary N) is 2. The highest BCUT2D eigenvalue weighted by Gasteiger charge is 2.08. The lowest BCUT2D eigenvalue weighted by Crippen LogP contribution is -2.13. The SMILES string of the molecule is CCc1ccccc1Nc1ncnc(NN)c1N. The van der Waals surface area contributed by atoms with Gasteiger partial charge in [0.05, 0.1) is 0 Å². The van der Waals surface area contributed by atoms with Crippen LogP contribution in [0.15, 0.2) is 30.6 Å². The molecule has 6 N–H and O–H groups in total. The van der Waals surface area contributed by atoms with Crippen molar-refractivity contribution < 1.29 is 0 Å². The summed E-state index contributed by atoms with van der Waals surface area (Å²) in [5.41, 5.74) is 10.9. The van der Waals surface area contributed by atoms with Crippen molar-refractivity contribution >= 4 is 23.0 Å². The predicted molar refractivity (Wildman–Crippen MR) is 73.4 cm³/mol. The zero-order valence-corrected chi connectivity index (χ0v) is 10.1. The van der Waals surface area contributed by atoms with Crippen LogP contribution >= 0.6 is 0 Å². The van der Waals surface area contributed by atoms with Gasteiger partial charge in [0.1, 0.15) is 12.0 Å². The van der Waals surface area contributed by atoms with E-state index in [2.05, 4.69) is 33.7 Å². The van der Waals surface area contributed by atoms with Gasteiger partial charge in [-0.05, 0) is 18.1 Å². The lowest BCUT2D eigenvalue weighted by molar-refractivity contribution is 1.12. The average molecular weight is 244 g/mol. The minimum atomic E-state index is 0.394. The van der Waals surface area contributed by atoms with E-state index in [1.165, 1.54) is 11.9 Å². The van der Waals surface area contributed by atoms with E-state index in [1.54, 1.807) is 0 Å². The largest absolute Gasteiger partial charge is 0.393 e. The molecule has 0 fully saturated rings. The Hall–Kier alpha value is -2.34. The molecule has 0 saturated heterocycles. The van der Waals surface area contributed by atoms with Crippen molar-refractivity contribution in [1.29, 1.82) is 0 Å². The Labute approximate surface area is 105 Å². The van der Waals surface area contributed by atoms with Crippen LogP contribution < -0.4 is 22.3 Å². The number of anilines is 4. The smallest absolute Gasteiger partial charge is 0.168 e. The molecule has 0 amide bonds. The quantitative estimate of drug-likeness (QED) is 0.482. The fourth-order valence-electron chi connectivity index (χ4n) is 1.69. The maximum atomic E-state index is 5.90. The summed E-state index contributed by atoms with van der Waals surface area (Å²) in [6.45, 7) is 2.09. The van der Waals surface area contributed by atoms with Crippen LogP contribution in [0.4, 0.5) is 23.0 Å². The van der Waals surface area contributed by atoms with E-state index in [0.717, 1.165) is 12.1 Å². The summed E-state index contributed by atoms with van der Waals surface area (Å²) >= 11 is 0. The third-order valence-electron chi connectivity index (χ3n) is 2.67. The molecule has 0 unspecified atom stereocenters. The van der Waals surface area contributed by atoms with Gasteiger partial charge in [-0.3, -0.25) is 0 Å². The van der Waals surface area contributed by atoms with Gasteiger partial charge in [0.25, 0.3) is 0 Å². The van der Waals surface area contributed by atoms with E-state index in [0.29, 0.717) is 17.3 Å². The fourth-order valence-corrected chi connectivity index (χ4v) is 1.69. The molecular formula is C12H16N6. The second-order valence-corrected chi connectivity index (χ2v) is 3.76. The number of aryl methyl sites for hydroxylation is 1. The number of rotatable bonds is 4. The van der Waals surface area contributed by atoms with Crippen molar-refractivity contribution in [1.82, 2.24) is 9.97 Å². The van der Waals surface area contributed by atoms with E-state index in [1.807, 2.05) is 18.2 Å². The van der Waals surface area contributed by atoms with E-state index < -0.39 is 0 Å². The first-order valence-corrected chi connectivity index (χ1v) is 5.68. The summed E-state index contributed by atoms with van der Waals surface area (Å²) in [5.74, 6) is 6.27. The Morgan fingerprint density at radius 2 is 1.89 bits per heavy atom. The van der Waals surface area contributed by atoms with Gasteiger partial charge >= 0.3 is 0 Å². The summed E-state index contributed by atoms with van der Waals surface area (Å²) in [4.78, 5) is 8.04. The number of hydrazine groups is 1. The Balaban J connectivity index is 2.34. The van der Waals surface area contributed by atoms with Crippen LogP contribution in [-0.2, 0) is 6.42 Å². The maximum Gasteiger partial charge on any atom is 0.168 e. The number of nitrogen functional groups attached to an aromatic ring is 2. The molecule has 0 radical (unpaired) electrons. The van der Waals surface area contributed by atoms with Crippen molar-refractivity contribution in [2.24, 2.45) is 5.84 Å². The van der Waals surface area contributed by atoms with Gasteiger partial charge in [-0.2, -0.15) is 0 Å². The Bertz CT molecular complexity index is 540. The van der Waals surface area contributed by atoms with Crippen molar-refractivity contribution in [3.63, 3.8) is 0 Å². The standard InChI is InChI=1S/C12H16N6/c1-2-8-5-3-4-6-9(8)17-11-10(13)12(18-14)16-7-15-11/h3-7H,2,13-14H2,1H3,(H2,15,16,17,18). The first kappa shape index (κ1) is 12.1. The van der Waals surface area contributed by atoms with Gasteiger partial charge in [0, 0.05) is 5.69 Å². The van der Waals surface area contributed by atoms with E-state index in [9.17, 15) is 0 Å². The molecule has 6 nitrogen and oxygen atoms in total. The normalized spacial score (nSPS) is 10.1. The first-order valence-electron chi connectivity index (χ1n) is 5.68. The van der Waals surface area contributed by atoms with Gasteiger partial charge in [-0.25, -0.2) is 15.8 Å². The van der Waals surface area contributed by atoms with Crippen LogP contribution in [-0.4, -0.2) is 9.97 Å². The molecule has 0 aliphatic carbocycles. The third kappa shape index (κ3) is 2.33. The van der Waals surface area contributed by atoms with Crippen LogP contribution in [0.1, 0.15) is 12.5 Å². The van der Waals surface area contributed by atoms with Gasteiger partial charge in [0.2, 0.25) is 0 Å². The summed E-state index contributed by atoms with van der Waals surface area (Å²) in [6, 6.07) is 8.00. The topological polar surface area (TPSA) is 102 Å². The number of para-hydroxylation sites is 1. The lowest BCUT2D eigenvalue weighted by atomic mass is 10.1. The van der Waals surface area contributed by atoms with Crippen molar-refractivity contribution in [2.75, 3.05) is 16.5 Å². The predicted octanol–water partition coefficient (Wildman–Crippen LogP) is 1.65. The molecule has 0 spiro atoms. The molecule has 2 rings (SSSR count). The molecule has 0 atom stereocenters. The zero-order valence-electron chi connectivity index (χ0n) is 10.1. The number of hydrogen-bond acceptors (Lipinski definition) is 6.